The molecule has 1 heterocycles. The second-order valence-corrected chi connectivity index (χ2v) is 7.19. The summed E-state index contributed by atoms with van der Waals surface area (Å²) in [5, 5.41) is 0. The number of ether oxygens (including phenoxy) is 1. The Morgan fingerprint density at radius 3 is 2.48 bits per heavy atom. The Morgan fingerprint density at radius 2 is 1.83 bits per heavy atom. The number of nitrogens with zero attached hydrogens (tertiary/aromatic N) is 2. The first-order valence-corrected chi connectivity index (χ1v) is 9.96. The van der Waals surface area contributed by atoms with Crippen LogP contribution in [0.3, 0.4) is 0 Å². The van der Waals surface area contributed by atoms with Crippen molar-refractivity contribution in [1.29, 1.82) is 0 Å². The maximum Gasteiger partial charge on any atom is 0.256 e. The number of carbonyl (C=O) groups is 2. The van der Waals surface area contributed by atoms with E-state index in [1.54, 1.807) is 29.0 Å². The summed E-state index contributed by atoms with van der Waals surface area (Å²) >= 11 is 0. The highest BCUT2D eigenvalue weighted by Crippen LogP contribution is 2.36. The van der Waals surface area contributed by atoms with Crippen LogP contribution < -0.4 is 4.74 Å². The van der Waals surface area contributed by atoms with Crippen LogP contribution in [0.25, 0.3) is 0 Å². The van der Waals surface area contributed by atoms with Crippen molar-refractivity contribution in [2.75, 3.05) is 33.3 Å². The largest absolute Gasteiger partial charge is 0.497 e. The Kier molecular flexibility index (Phi) is 6.52. The molecule has 2 amide bonds. The van der Waals surface area contributed by atoms with Crippen molar-refractivity contribution >= 4 is 11.8 Å². The summed E-state index contributed by atoms with van der Waals surface area (Å²) in [6, 6.07) is 13.6. The number of halogens is 1. The third-order valence-corrected chi connectivity index (χ3v) is 5.63. The van der Waals surface area contributed by atoms with Gasteiger partial charge in [0.1, 0.15) is 11.6 Å². The highest BCUT2D eigenvalue weighted by Gasteiger charge is 2.42. The lowest BCUT2D eigenvalue weighted by atomic mass is 9.88. The quantitative estimate of drug-likeness (QED) is 0.748. The Hall–Kier alpha value is -2.89. The third-order valence-electron chi connectivity index (χ3n) is 5.63. The van der Waals surface area contributed by atoms with Gasteiger partial charge in [0.05, 0.1) is 18.6 Å². The topological polar surface area (TPSA) is 49.9 Å². The van der Waals surface area contributed by atoms with Crippen molar-refractivity contribution in [3.63, 3.8) is 0 Å². The third kappa shape index (κ3) is 4.26. The van der Waals surface area contributed by atoms with Crippen LogP contribution in [0.15, 0.2) is 48.5 Å². The first-order valence-electron chi connectivity index (χ1n) is 9.96. The van der Waals surface area contributed by atoms with Crippen LogP contribution in [0.5, 0.6) is 5.75 Å². The number of methoxy groups -OCH3 is 1. The zero-order chi connectivity index (χ0) is 21.0. The number of amides is 2. The van der Waals surface area contributed by atoms with Gasteiger partial charge in [-0.05, 0) is 43.7 Å². The summed E-state index contributed by atoms with van der Waals surface area (Å²) in [4.78, 5) is 29.6. The molecule has 0 saturated carbocycles. The van der Waals surface area contributed by atoms with E-state index in [1.807, 2.05) is 38.1 Å². The van der Waals surface area contributed by atoms with Gasteiger partial charge in [-0.25, -0.2) is 4.39 Å². The standard InChI is InChI=1S/C23H27FN2O3/c1-4-25(5-2)23(28)20-15-26(22(27)18-11-6-7-12-21(18)24)14-19(20)16-9-8-10-17(13-16)29-3/h6-13,19-20H,4-5,14-15H2,1-3H3. The smallest absolute Gasteiger partial charge is 0.256 e. The molecule has 0 aliphatic carbocycles. The fraction of sp³-hybridized carbons (Fsp3) is 0.391. The number of hydrogen-bond acceptors (Lipinski definition) is 3. The summed E-state index contributed by atoms with van der Waals surface area (Å²) in [5.41, 5.74) is 0.978. The summed E-state index contributed by atoms with van der Waals surface area (Å²) in [6.45, 7) is 5.73. The van der Waals surface area contributed by atoms with E-state index in [-0.39, 0.29) is 35.8 Å². The van der Waals surface area contributed by atoms with Gasteiger partial charge in [-0.15, -0.1) is 0 Å². The molecule has 0 aromatic heterocycles. The number of hydrogen-bond donors (Lipinski definition) is 0. The van der Waals surface area contributed by atoms with Crippen LogP contribution >= 0.6 is 0 Å². The Balaban J connectivity index is 1.94. The average Bonchev–Trinajstić information content (AvgIpc) is 3.20. The lowest BCUT2D eigenvalue weighted by Gasteiger charge is -2.26. The molecular formula is C23H27FN2O3. The summed E-state index contributed by atoms with van der Waals surface area (Å²) in [6.07, 6.45) is 0. The molecule has 0 spiro atoms. The molecule has 5 nitrogen and oxygen atoms in total. The molecule has 154 valence electrons. The molecule has 1 saturated heterocycles. The summed E-state index contributed by atoms with van der Waals surface area (Å²) in [5.74, 6) is -0.756. The second-order valence-electron chi connectivity index (χ2n) is 7.19. The number of carbonyl (C=O) groups excluding carboxylic acids is 2. The number of rotatable bonds is 6. The van der Waals surface area contributed by atoms with Gasteiger partial charge in [-0.3, -0.25) is 9.59 Å². The predicted molar refractivity (Wildman–Crippen MR) is 109 cm³/mol. The molecule has 3 rings (SSSR count). The molecule has 2 atom stereocenters. The van der Waals surface area contributed by atoms with Crippen molar-refractivity contribution in [2.45, 2.75) is 19.8 Å². The minimum absolute atomic E-state index is 0.0200. The molecule has 0 radical (unpaired) electrons. The second kappa shape index (κ2) is 9.07. The summed E-state index contributed by atoms with van der Waals surface area (Å²) < 4.78 is 19.5. The zero-order valence-corrected chi connectivity index (χ0v) is 17.1. The molecule has 2 aromatic rings. The molecule has 29 heavy (non-hydrogen) atoms. The normalized spacial score (nSPS) is 18.6. The van der Waals surface area contributed by atoms with E-state index in [9.17, 15) is 14.0 Å². The van der Waals surface area contributed by atoms with E-state index in [4.69, 9.17) is 4.74 Å². The molecule has 1 fully saturated rings. The molecule has 6 heteroatoms. The fourth-order valence-electron chi connectivity index (χ4n) is 4.00. The van der Waals surface area contributed by atoms with E-state index in [0.29, 0.717) is 25.4 Å². The van der Waals surface area contributed by atoms with Crippen LogP contribution in [0, 0.1) is 11.7 Å². The highest BCUT2D eigenvalue weighted by atomic mass is 19.1. The van der Waals surface area contributed by atoms with Crippen LogP contribution in [0.2, 0.25) is 0 Å². The van der Waals surface area contributed by atoms with Gasteiger partial charge in [-0.1, -0.05) is 24.3 Å². The van der Waals surface area contributed by atoms with Gasteiger partial charge in [0.25, 0.3) is 5.91 Å². The van der Waals surface area contributed by atoms with E-state index in [1.165, 1.54) is 12.1 Å². The molecule has 1 aliphatic heterocycles. The highest BCUT2D eigenvalue weighted by molar-refractivity contribution is 5.95. The van der Waals surface area contributed by atoms with E-state index in [0.717, 1.165) is 5.56 Å². The van der Waals surface area contributed by atoms with E-state index >= 15 is 0 Å². The minimum Gasteiger partial charge on any atom is -0.497 e. The monoisotopic (exact) mass is 398 g/mol. The lowest BCUT2D eigenvalue weighted by molar-refractivity contribution is -0.135. The minimum atomic E-state index is -0.547. The van der Waals surface area contributed by atoms with Crippen molar-refractivity contribution in [3.05, 3.63) is 65.5 Å². The molecule has 0 N–H and O–H groups in total. The molecule has 2 aromatic carbocycles. The maximum atomic E-state index is 14.2. The predicted octanol–water partition coefficient (Wildman–Crippen LogP) is 3.56. The maximum absolute atomic E-state index is 14.2. The van der Waals surface area contributed by atoms with Crippen LogP contribution in [-0.2, 0) is 4.79 Å². The summed E-state index contributed by atoms with van der Waals surface area (Å²) in [7, 11) is 1.60. The van der Waals surface area contributed by atoms with Crippen LogP contribution in [0.4, 0.5) is 4.39 Å². The van der Waals surface area contributed by atoms with E-state index in [2.05, 4.69) is 0 Å². The van der Waals surface area contributed by atoms with Gasteiger partial charge in [0, 0.05) is 32.1 Å². The van der Waals surface area contributed by atoms with Crippen molar-refractivity contribution in [3.8, 4) is 5.75 Å². The average molecular weight is 398 g/mol. The van der Waals surface area contributed by atoms with Gasteiger partial charge < -0.3 is 14.5 Å². The zero-order valence-electron chi connectivity index (χ0n) is 17.1. The van der Waals surface area contributed by atoms with Gasteiger partial charge in [0.15, 0.2) is 0 Å². The Morgan fingerprint density at radius 1 is 1.10 bits per heavy atom. The number of benzene rings is 2. The Labute approximate surface area is 171 Å². The number of likely N-dealkylation sites (tertiary alicyclic amines) is 1. The van der Waals surface area contributed by atoms with Crippen LogP contribution in [-0.4, -0.2) is 54.9 Å². The van der Waals surface area contributed by atoms with Crippen LogP contribution in [0.1, 0.15) is 35.7 Å². The first-order chi connectivity index (χ1) is 14.0. The van der Waals surface area contributed by atoms with Crippen molar-refractivity contribution in [2.24, 2.45) is 5.92 Å². The van der Waals surface area contributed by atoms with Gasteiger partial charge in [0.2, 0.25) is 5.91 Å². The van der Waals surface area contributed by atoms with Crippen molar-refractivity contribution in [1.82, 2.24) is 9.80 Å². The lowest BCUT2D eigenvalue weighted by Crippen LogP contribution is -2.39. The molecular weight excluding hydrogens is 371 g/mol. The Bertz CT molecular complexity index is 882. The molecule has 0 bridgehead atoms. The SMILES string of the molecule is CCN(CC)C(=O)C1CN(C(=O)c2ccccc2F)CC1c1cccc(OC)c1. The van der Waals surface area contributed by atoms with E-state index < -0.39 is 5.82 Å². The van der Waals surface area contributed by atoms with Gasteiger partial charge in [-0.2, -0.15) is 0 Å². The molecule has 2 unspecified atom stereocenters. The van der Waals surface area contributed by atoms with Gasteiger partial charge >= 0.3 is 0 Å². The first kappa shape index (κ1) is 20.8. The fourth-order valence-corrected chi connectivity index (χ4v) is 4.00. The molecule has 1 aliphatic rings. The van der Waals surface area contributed by atoms with Crippen molar-refractivity contribution < 1.29 is 18.7 Å².